The molecule has 0 aliphatic rings. The van der Waals surface area contributed by atoms with Crippen LogP contribution >= 0.6 is 11.6 Å². The zero-order valence-electron chi connectivity index (χ0n) is 14.9. The minimum Gasteiger partial charge on any atom is -0.494 e. The lowest BCUT2D eigenvalue weighted by Crippen LogP contribution is -2.21. The van der Waals surface area contributed by atoms with Crippen LogP contribution in [0.2, 0.25) is 5.02 Å². The van der Waals surface area contributed by atoms with E-state index in [4.69, 9.17) is 32.0 Å². The number of nitrogens with zero attached hydrogens (tertiary/aromatic N) is 2. The molecule has 2 aromatic rings. The van der Waals surface area contributed by atoms with Gasteiger partial charge in [0.15, 0.2) is 0 Å². The topological polar surface area (TPSA) is 129 Å². The highest BCUT2D eigenvalue weighted by molar-refractivity contribution is 7.87. The molecule has 2 aromatic carbocycles. The first-order chi connectivity index (χ1) is 12.7. The Labute approximate surface area is 163 Å². The van der Waals surface area contributed by atoms with E-state index in [1.165, 1.54) is 12.1 Å². The molecule has 0 saturated carbocycles. The Morgan fingerprint density at radius 1 is 1.19 bits per heavy atom. The minimum atomic E-state index is -3.92. The van der Waals surface area contributed by atoms with Crippen LogP contribution in [-0.4, -0.2) is 27.7 Å². The van der Waals surface area contributed by atoms with E-state index in [2.05, 4.69) is 16.9 Å². The predicted molar refractivity (Wildman–Crippen MR) is 107 cm³/mol. The summed E-state index contributed by atoms with van der Waals surface area (Å²) in [5, 5.41) is 6.47. The fourth-order valence-electron chi connectivity index (χ4n) is 1.89. The molecule has 0 spiro atoms. The van der Waals surface area contributed by atoms with E-state index in [1.807, 2.05) is 19.9 Å². The number of hydrogen-bond acceptors (Lipinski definition) is 6. The molecule has 0 unspecified atom stereocenters. The number of guanidine groups is 1. The molecule has 2 rings (SSSR count). The monoisotopic (exact) mass is 412 g/mol. The predicted octanol–water partition coefficient (Wildman–Crippen LogP) is 2.69. The van der Waals surface area contributed by atoms with Gasteiger partial charge in [0.25, 0.3) is 0 Å². The average molecular weight is 413 g/mol. The van der Waals surface area contributed by atoms with Gasteiger partial charge in [-0.1, -0.05) is 17.7 Å². The van der Waals surface area contributed by atoms with Crippen molar-refractivity contribution in [3.63, 3.8) is 0 Å². The molecule has 4 N–H and O–H groups in total. The van der Waals surface area contributed by atoms with Crippen molar-refractivity contribution >= 4 is 34.4 Å². The molecule has 0 heterocycles. The molecule has 0 saturated heterocycles. The van der Waals surface area contributed by atoms with E-state index in [9.17, 15) is 8.42 Å². The Balaban J connectivity index is 0.000000527. The van der Waals surface area contributed by atoms with Crippen LogP contribution in [0.5, 0.6) is 11.5 Å². The van der Waals surface area contributed by atoms with Gasteiger partial charge in [-0.15, -0.1) is 5.10 Å². The highest BCUT2D eigenvalue weighted by atomic mass is 35.5. The van der Waals surface area contributed by atoms with Gasteiger partial charge in [0.1, 0.15) is 16.4 Å². The normalized spacial score (nSPS) is 10.2. The fraction of sp³-hybridized carbons (Fsp3) is 0.176. The molecule has 146 valence electrons. The number of nitrogens with two attached hydrogens (primary N) is 2. The molecule has 0 fully saturated rings. The summed E-state index contributed by atoms with van der Waals surface area (Å²) < 4.78 is 34.9. The molecular formula is C17H21ClN4O4S. The standard InChI is InChI=1S/C15H15ClO4S.C2H6N4/c1-3-19-13-7-11(2)8-14(10-13)20-21(17,18)15-6-4-5-12(16)9-15;1-5-6-2(3)4/h4-10H,3H2,1-2H3;1H2,(H4,3,4,6). The Bertz CT molecular complexity index is 913. The van der Waals surface area contributed by atoms with Crippen LogP contribution in [0.3, 0.4) is 0 Å². The maximum atomic E-state index is 12.2. The van der Waals surface area contributed by atoms with Crippen molar-refractivity contribution in [1.29, 1.82) is 0 Å². The number of rotatable bonds is 6. The van der Waals surface area contributed by atoms with Crippen molar-refractivity contribution < 1.29 is 17.3 Å². The van der Waals surface area contributed by atoms with Crippen molar-refractivity contribution in [3.8, 4) is 11.5 Å². The minimum absolute atomic E-state index is 0.00876. The SMILES string of the molecule is C=NN=C(N)N.CCOc1cc(C)cc(OS(=O)(=O)c2cccc(Cl)c2)c1. The van der Waals surface area contributed by atoms with Gasteiger partial charge in [0, 0.05) is 17.8 Å². The van der Waals surface area contributed by atoms with Crippen LogP contribution in [-0.2, 0) is 10.1 Å². The molecular weight excluding hydrogens is 392 g/mol. The van der Waals surface area contributed by atoms with Crippen LogP contribution in [0.15, 0.2) is 57.6 Å². The van der Waals surface area contributed by atoms with E-state index in [0.29, 0.717) is 17.4 Å². The summed E-state index contributed by atoms with van der Waals surface area (Å²) in [6.07, 6.45) is 0. The molecule has 0 aliphatic carbocycles. The summed E-state index contributed by atoms with van der Waals surface area (Å²) >= 11 is 5.81. The smallest absolute Gasteiger partial charge is 0.339 e. The first-order valence-corrected chi connectivity index (χ1v) is 9.45. The summed E-state index contributed by atoms with van der Waals surface area (Å²) in [5.74, 6) is 0.706. The zero-order valence-corrected chi connectivity index (χ0v) is 16.5. The Morgan fingerprint density at radius 2 is 1.85 bits per heavy atom. The van der Waals surface area contributed by atoms with E-state index in [0.717, 1.165) is 5.56 Å². The number of halogens is 1. The highest BCUT2D eigenvalue weighted by Gasteiger charge is 2.17. The lowest BCUT2D eigenvalue weighted by atomic mass is 10.2. The third kappa shape index (κ3) is 7.97. The number of aryl methyl sites for hydroxylation is 1. The van der Waals surface area contributed by atoms with Crippen molar-refractivity contribution in [3.05, 3.63) is 53.1 Å². The van der Waals surface area contributed by atoms with Crippen molar-refractivity contribution in [2.45, 2.75) is 18.7 Å². The zero-order chi connectivity index (χ0) is 20.4. The number of ether oxygens (including phenoxy) is 1. The summed E-state index contributed by atoms with van der Waals surface area (Å²) in [5.41, 5.74) is 10.4. The molecule has 0 amide bonds. The van der Waals surface area contributed by atoms with Crippen LogP contribution in [0, 0.1) is 6.92 Å². The van der Waals surface area contributed by atoms with Crippen LogP contribution in [0.4, 0.5) is 0 Å². The summed E-state index contributed by atoms with van der Waals surface area (Å²) in [7, 11) is -3.92. The third-order valence-electron chi connectivity index (χ3n) is 2.81. The Morgan fingerprint density at radius 3 is 2.37 bits per heavy atom. The molecule has 0 radical (unpaired) electrons. The first-order valence-electron chi connectivity index (χ1n) is 7.67. The second-order valence-electron chi connectivity index (χ2n) is 5.08. The second-order valence-corrected chi connectivity index (χ2v) is 7.06. The molecule has 27 heavy (non-hydrogen) atoms. The van der Waals surface area contributed by atoms with Crippen molar-refractivity contribution in [1.82, 2.24) is 0 Å². The van der Waals surface area contributed by atoms with Gasteiger partial charge in [0.05, 0.1) is 6.61 Å². The van der Waals surface area contributed by atoms with E-state index in [-0.39, 0.29) is 16.6 Å². The van der Waals surface area contributed by atoms with Gasteiger partial charge in [-0.25, -0.2) is 0 Å². The molecule has 10 heteroatoms. The van der Waals surface area contributed by atoms with Gasteiger partial charge in [0.2, 0.25) is 5.96 Å². The van der Waals surface area contributed by atoms with Crippen LogP contribution in [0.25, 0.3) is 0 Å². The van der Waals surface area contributed by atoms with E-state index in [1.54, 1.807) is 24.3 Å². The van der Waals surface area contributed by atoms with E-state index >= 15 is 0 Å². The molecule has 0 aliphatic heterocycles. The second kappa shape index (κ2) is 10.4. The van der Waals surface area contributed by atoms with Crippen LogP contribution in [0.1, 0.15) is 12.5 Å². The molecule has 0 atom stereocenters. The Kier molecular flexibility index (Phi) is 8.57. The third-order valence-corrected chi connectivity index (χ3v) is 4.29. The van der Waals surface area contributed by atoms with Crippen molar-refractivity contribution in [2.24, 2.45) is 21.7 Å². The van der Waals surface area contributed by atoms with Crippen LogP contribution < -0.4 is 20.4 Å². The lowest BCUT2D eigenvalue weighted by molar-refractivity contribution is 0.338. The van der Waals surface area contributed by atoms with Gasteiger partial charge in [-0.2, -0.15) is 13.5 Å². The molecule has 8 nitrogen and oxygen atoms in total. The summed E-state index contributed by atoms with van der Waals surface area (Å²) in [4.78, 5) is 0.00876. The highest BCUT2D eigenvalue weighted by Crippen LogP contribution is 2.26. The van der Waals surface area contributed by atoms with Gasteiger partial charge in [-0.3, -0.25) is 0 Å². The first kappa shape index (κ1) is 22.3. The Hall–Kier alpha value is -2.78. The largest absolute Gasteiger partial charge is 0.494 e. The summed E-state index contributed by atoms with van der Waals surface area (Å²) in [6.45, 7) is 7.18. The number of benzene rings is 2. The summed E-state index contributed by atoms with van der Waals surface area (Å²) in [6, 6.07) is 10.9. The van der Waals surface area contributed by atoms with Gasteiger partial charge >= 0.3 is 10.1 Å². The van der Waals surface area contributed by atoms with Gasteiger partial charge in [-0.05, 0) is 49.7 Å². The quantitative estimate of drug-likeness (QED) is 0.324. The average Bonchev–Trinajstić information content (AvgIpc) is 2.54. The molecule has 0 bridgehead atoms. The maximum Gasteiger partial charge on any atom is 0.339 e. The van der Waals surface area contributed by atoms with Gasteiger partial charge < -0.3 is 20.4 Å². The molecule has 0 aromatic heterocycles. The van der Waals surface area contributed by atoms with E-state index < -0.39 is 10.1 Å². The van der Waals surface area contributed by atoms with Crippen molar-refractivity contribution in [2.75, 3.05) is 6.61 Å². The maximum absolute atomic E-state index is 12.2. The number of hydrogen-bond donors (Lipinski definition) is 2. The lowest BCUT2D eigenvalue weighted by Gasteiger charge is -2.10. The fourth-order valence-corrected chi connectivity index (χ4v) is 3.11.